The number of hydrogen-bond acceptors (Lipinski definition) is 8. The zero-order valence-corrected chi connectivity index (χ0v) is 25.4. The van der Waals surface area contributed by atoms with Crippen LogP contribution in [0.3, 0.4) is 0 Å². The Labute approximate surface area is 261 Å². The minimum Gasteiger partial charge on any atom is -0.507 e. The average Bonchev–Trinajstić information content (AvgIpc) is 3.60. The van der Waals surface area contributed by atoms with Crippen molar-refractivity contribution in [2.75, 3.05) is 4.90 Å². The molecule has 1 aromatic heterocycles. The summed E-state index contributed by atoms with van der Waals surface area (Å²) >= 11 is 2.40. The number of aryl methyl sites for hydroxylation is 2. The van der Waals surface area contributed by atoms with Gasteiger partial charge in [-0.1, -0.05) is 89.3 Å². The van der Waals surface area contributed by atoms with Crippen molar-refractivity contribution in [1.82, 2.24) is 10.2 Å². The van der Waals surface area contributed by atoms with E-state index in [4.69, 9.17) is 4.74 Å². The number of carbonyl (C=O) groups is 2. The van der Waals surface area contributed by atoms with Crippen LogP contribution in [-0.4, -0.2) is 27.0 Å². The first-order chi connectivity index (χ1) is 21.3. The predicted octanol–water partition coefficient (Wildman–Crippen LogP) is 8.00. The number of halogens is 1. The summed E-state index contributed by atoms with van der Waals surface area (Å²) in [6.07, 6.45) is 0. The number of hydrogen-bond donors (Lipinski definition) is 1. The molecule has 1 aliphatic heterocycles. The highest BCUT2D eigenvalue weighted by Gasteiger charge is 2.48. The lowest BCUT2D eigenvalue weighted by atomic mass is 9.93. The van der Waals surface area contributed by atoms with E-state index >= 15 is 0 Å². The fraction of sp³-hybridized carbons (Fsp3) is 0.118. The van der Waals surface area contributed by atoms with E-state index in [9.17, 15) is 19.1 Å². The molecule has 1 aliphatic rings. The lowest BCUT2D eigenvalue weighted by Gasteiger charge is -2.23. The second kappa shape index (κ2) is 12.4. The van der Waals surface area contributed by atoms with E-state index in [0.29, 0.717) is 38.3 Å². The average molecular weight is 624 g/mol. The van der Waals surface area contributed by atoms with Gasteiger partial charge in [-0.2, -0.15) is 0 Å². The van der Waals surface area contributed by atoms with Crippen LogP contribution in [0.5, 0.6) is 11.5 Å². The first-order valence-electron chi connectivity index (χ1n) is 13.7. The molecule has 0 aliphatic carbocycles. The number of anilines is 1. The van der Waals surface area contributed by atoms with E-state index < -0.39 is 17.7 Å². The molecule has 10 heteroatoms. The van der Waals surface area contributed by atoms with Crippen LogP contribution in [0.2, 0.25) is 0 Å². The van der Waals surface area contributed by atoms with Crippen LogP contribution >= 0.6 is 23.1 Å². The van der Waals surface area contributed by atoms with Gasteiger partial charge in [-0.05, 0) is 66.9 Å². The van der Waals surface area contributed by atoms with Crippen molar-refractivity contribution in [3.05, 3.63) is 136 Å². The van der Waals surface area contributed by atoms with Gasteiger partial charge < -0.3 is 9.84 Å². The molecule has 44 heavy (non-hydrogen) atoms. The predicted molar refractivity (Wildman–Crippen MR) is 170 cm³/mol. The number of para-hydroxylation sites is 1. The first kappa shape index (κ1) is 29.3. The maximum atomic E-state index is 14.2. The Bertz CT molecular complexity index is 1910. The van der Waals surface area contributed by atoms with Crippen molar-refractivity contribution < 1.29 is 23.8 Å². The van der Waals surface area contributed by atoms with Gasteiger partial charge in [-0.15, -0.1) is 10.2 Å². The van der Waals surface area contributed by atoms with Gasteiger partial charge in [0.25, 0.3) is 5.78 Å². The standard InChI is InChI=1S/C34H26FN3O4S2/c1-20-15-16-21(2)26(17-20)30(39)28-29(22-10-8-13-25(18-22)42-24-11-4-3-5-12-24)38(32(41)31(28)40)33-36-37-34(44-33)43-19-23-9-6-7-14-27(23)35/h3-18,29,39H,19H2,1-2H3. The second-order valence-electron chi connectivity index (χ2n) is 10.2. The van der Waals surface area contributed by atoms with E-state index in [1.807, 2.05) is 56.3 Å². The van der Waals surface area contributed by atoms with Gasteiger partial charge in [0.15, 0.2) is 4.34 Å². The SMILES string of the molecule is Cc1ccc(C)c(C(O)=C2C(=O)C(=O)N(c3nnc(SCc4ccccc4F)s3)C2c2cccc(Oc3ccccc3)c2)c1. The zero-order chi connectivity index (χ0) is 30.8. The molecule has 2 heterocycles. The fourth-order valence-electron chi connectivity index (χ4n) is 4.97. The fourth-order valence-corrected chi connectivity index (χ4v) is 6.82. The van der Waals surface area contributed by atoms with Gasteiger partial charge in [0.05, 0.1) is 11.6 Å². The molecule has 7 nitrogen and oxygen atoms in total. The van der Waals surface area contributed by atoms with E-state index in [0.717, 1.165) is 22.5 Å². The van der Waals surface area contributed by atoms with E-state index in [2.05, 4.69) is 10.2 Å². The summed E-state index contributed by atoms with van der Waals surface area (Å²) in [7, 11) is 0. The molecule has 4 aromatic carbocycles. The van der Waals surface area contributed by atoms with Crippen LogP contribution in [-0.2, 0) is 15.3 Å². The number of amides is 1. The molecule has 0 spiro atoms. The number of aliphatic hydroxyl groups is 1. The van der Waals surface area contributed by atoms with Gasteiger partial charge in [0, 0.05) is 11.3 Å². The Balaban J connectivity index is 1.42. The number of benzene rings is 4. The third-order valence-corrected chi connectivity index (χ3v) is 9.26. The topological polar surface area (TPSA) is 92.6 Å². The van der Waals surface area contributed by atoms with Crippen molar-refractivity contribution >= 4 is 45.7 Å². The largest absolute Gasteiger partial charge is 0.507 e. The molecular formula is C34H26FN3O4S2. The van der Waals surface area contributed by atoms with Crippen molar-refractivity contribution in [1.29, 1.82) is 0 Å². The summed E-state index contributed by atoms with van der Waals surface area (Å²) in [5, 5.41) is 20.3. The summed E-state index contributed by atoms with van der Waals surface area (Å²) in [4.78, 5) is 28.6. The quantitative estimate of drug-likeness (QED) is 0.0616. The van der Waals surface area contributed by atoms with E-state index in [1.165, 1.54) is 22.7 Å². The Morgan fingerprint density at radius 2 is 1.68 bits per heavy atom. The minimum absolute atomic E-state index is 0.0590. The number of ketones is 1. The molecule has 0 bridgehead atoms. The second-order valence-corrected chi connectivity index (χ2v) is 12.4. The molecule has 6 rings (SSSR count). The maximum absolute atomic E-state index is 14.2. The summed E-state index contributed by atoms with van der Waals surface area (Å²) in [6, 6.07) is 27.3. The van der Waals surface area contributed by atoms with Crippen LogP contribution in [0.15, 0.2) is 107 Å². The smallest absolute Gasteiger partial charge is 0.301 e. The number of thioether (sulfide) groups is 1. The first-order valence-corrected chi connectivity index (χ1v) is 15.5. The van der Waals surface area contributed by atoms with Gasteiger partial charge in [0.1, 0.15) is 23.1 Å². The normalized spacial score (nSPS) is 16.0. The Morgan fingerprint density at radius 1 is 0.932 bits per heavy atom. The van der Waals surface area contributed by atoms with Crippen molar-refractivity contribution in [3.63, 3.8) is 0 Å². The monoisotopic (exact) mass is 623 g/mol. The van der Waals surface area contributed by atoms with Crippen molar-refractivity contribution in [2.24, 2.45) is 0 Å². The van der Waals surface area contributed by atoms with Gasteiger partial charge in [0.2, 0.25) is 5.13 Å². The lowest BCUT2D eigenvalue weighted by molar-refractivity contribution is -0.132. The summed E-state index contributed by atoms with van der Waals surface area (Å²) in [5.41, 5.74) is 3.10. The molecule has 220 valence electrons. The highest BCUT2D eigenvalue weighted by molar-refractivity contribution is 8.00. The zero-order valence-electron chi connectivity index (χ0n) is 23.7. The minimum atomic E-state index is -1.01. The number of rotatable bonds is 8. The highest BCUT2D eigenvalue weighted by atomic mass is 32.2. The Kier molecular flexibility index (Phi) is 8.28. The third-order valence-electron chi connectivity index (χ3n) is 7.16. The molecule has 1 saturated heterocycles. The number of aliphatic hydroxyl groups excluding tert-OH is 1. The van der Waals surface area contributed by atoms with Gasteiger partial charge in [-0.3, -0.25) is 14.5 Å². The van der Waals surface area contributed by atoms with Crippen molar-refractivity contribution in [2.45, 2.75) is 30.0 Å². The maximum Gasteiger partial charge on any atom is 0.301 e. The van der Waals surface area contributed by atoms with Crippen LogP contribution in [0, 0.1) is 19.7 Å². The third kappa shape index (κ3) is 5.86. The van der Waals surface area contributed by atoms with Crippen molar-refractivity contribution in [3.8, 4) is 11.5 Å². The summed E-state index contributed by atoms with van der Waals surface area (Å²) in [6.45, 7) is 3.72. The molecule has 0 radical (unpaired) electrons. The van der Waals surface area contributed by atoms with E-state index in [1.54, 1.807) is 48.5 Å². The molecule has 1 atom stereocenters. The molecule has 5 aromatic rings. The highest BCUT2D eigenvalue weighted by Crippen LogP contribution is 2.45. The number of ether oxygens (including phenoxy) is 1. The summed E-state index contributed by atoms with van der Waals surface area (Å²) < 4.78 is 20.7. The van der Waals surface area contributed by atoms with Crippen LogP contribution in [0.25, 0.3) is 5.76 Å². The van der Waals surface area contributed by atoms with Crippen LogP contribution in [0.4, 0.5) is 9.52 Å². The van der Waals surface area contributed by atoms with Gasteiger partial charge >= 0.3 is 5.91 Å². The molecule has 0 saturated carbocycles. The van der Waals surface area contributed by atoms with E-state index in [-0.39, 0.29) is 22.3 Å². The number of carbonyl (C=O) groups excluding carboxylic acids is 2. The molecular weight excluding hydrogens is 598 g/mol. The van der Waals surface area contributed by atoms with Gasteiger partial charge in [-0.25, -0.2) is 4.39 Å². The number of aromatic nitrogens is 2. The van der Waals surface area contributed by atoms with Crippen LogP contribution in [0.1, 0.15) is 33.9 Å². The number of Topliss-reactive ketones (excluding diaryl/α,β-unsaturated/α-hetero) is 1. The molecule has 1 fully saturated rings. The summed E-state index contributed by atoms with van der Waals surface area (Å²) in [5.74, 6) is -0.838. The Morgan fingerprint density at radius 3 is 2.48 bits per heavy atom. The molecule has 1 N–H and O–H groups in total. The molecule has 1 amide bonds. The molecule has 1 unspecified atom stereocenters. The van der Waals surface area contributed by atoms with Crippen LogP contribution < -0.4 is 9.64 Å². The number of nitrogens with zero attached hydrogens (tertiary/aromatic N) is 3. The lowest BCUT2D eigenvalue weighted by Crippen LogP contribution is -2.29. The Hall–Kier alpha value is -4.80.